The van der Waals surface area contributed by atoms with Crippen LogP contribution in [0.25, 0.3) is 0 Å². The second-order valence-corrected chi connectivity index (χ2v) is 6.16. The fourth-order valence-corrected chi connectivity index (χ4v) is 2.84. The van der Waals surface area contributed by atoms with Gasteiger partial charge in [0.1, 0.15) is 11.6 Å². The smallest absolute Gasteiger partial charge is 0.230 e. The van der Waals surface area contributed by atoms with Gasteiger partial charge in [-0.1, -0.05) is 23.7 Å². The SMILES string of the molecule is C[C@H](NC(=O)CSc1cc(F)ccc1F)c1cccc(Cl)c1. The third-order valence-corrected chi connectivity index (χ3v) is 4.24. The van der Waals surface area contributed by atoms with Crippen molar-refractivity contribution in [3.05, 3.63) is 64.7 Å². The summed E-state index contributed by atoms with van der Waals surface area (Å²) in [6, 6.07) is 10.1. The first-order chi connectivity index (χ1) is 10.5. The predicted molar refractivity (Wildman–Crippen MR) is 85.1 cm³/mol. The minimum Gasteiger partial charge on any atom is -0.349 e. The second-order valence-electron chi connectivity index (χ2n) is 4.71. The van der Waals surface area contributed by atoms with Gasteiger partial charge in [0, 0.05) is 9.92 Å². The van der Waals surface area contributed by atoms with Crippen LogP contribution in [-0.4, -0.2) is 11.7 Å². The van der Waals surface area contributed by atoms with Crippen molar-refractivity contribution in [1.29, 1.82) is 0 Å². The van der Waals surface area contributed by atoms with Gasteiger partial charge in [0.15, 0.2) is 0 Å². The molecule has 6 heteroatoms. The minimum absolute atomic E-state index is 0.00524. The molecule has 0 saturated carbocycles. The number of carbonyl (C=O) groups excluding carboxylic acids is 1. The Kier molecular flexibility index (Phi) is 5.80. The summed E-state index contributed by atoms with van der Waals surface area (Å²) in [5.41, 5.74) is 0.878. The zero-order valence-electron chi connectivity index (χ0n) is 11.8. The summed E-state index contributed by atoms with van der Waals surface area (Å²) in [5.74, 6) is -1.33. The van der Waals surface area contributed by atoms with Crippen molar-refractivity contribution in [3.8, 4) is 0 Å². The van der Waals surface area contributed by atoms with E-state index in [-0.39, 0.29) is 22.6 Å². The van der Waals surface area contributed by atoms with Gasteiger partial charge in [-0.15, -0.1) is 11.8 Å². The minimum atomic E-state index is -0.540. The number of nitrogens with one attached hydrogen (secondary N) is 1. The normalized spacial score (nSPS) is 12.0. The maximum Gasteiger partial charge on any atom is 0.230 e. The zero-order chi connectivity index (χ0) is 16.1. The molecule has 1 amide bonds. The Morgan fingerprint density at radius 1 is 1.27 bits per heavy atom. The van der Waals surface area contributed by atoms with E-state index < -0.39 is 11.6 Å². The van der Waals surface area contributed by atoms with Crippen LogP contribution in [0.4, 0.5) is 8.78 Å². The fourth-order valence-electron chi connectivity index (χ4n) is 1.87. The molecular weight excluding hydrogens is 328 g/mol. The fraction of sp³-hybridized carbons (Fsp3) is 0.188. The molecule has 0 aliphatic heterocycles. The van der Waals surface area contributed by atoms with Gasteiger partial charge in [-0.25, -0.2) is 8.78 Å². The second kappa shape index (κ2) is 7.61. The highest BCUT2D eigenvalue weighted by Crippen LogP contribution is 2.23. The van der Waals surface area contributed by atoms with E-state index >= 15 is 0 Å². The molecule has 116 valence electrons. The number of hydrogen-bond donors (Lipinski definition) is 1. The Morgan fingerprint density at radius 3 is 2.77 bits per heavy atom. The molecule has 2 nitrogen and oxygen atoms in total. The number of rotatable bonds is 5. The van der Waals surface area contributed by atoms with Gasteiger partial charge in [0.05, 0.1) is 11.8 Å². The molecule has 0 aliphatic carbocycles. The summed E-state index contributed by atoms with van der Waals surface area (Å²) in [4.78, 5) is 12.0. The molecule has 1 atom stereocenters. The lowest BCUT2D eigenvalue weighted by molar-refractivity contribution is -0.119. The number of amides is 1. The quantitative estimate of drug-likeness (QED) is 0.806. The van der Waals surface area contributed by atoms with Gasteiger partial charge in [0.2, 0.25) is 5.91 Å². The average Bonchev–Trinajstić information content (AvgIpc) is 2.48. The number of benzene rings is 2. The van der Waals surface area contributed by atoms with Crippen LogP contribution in [0.15, 0.2) is 47.4 Å². The third kappa shape index (κ3) is 4.71. The summed E-state index contributed by atoms with van der Waals surface area (Å²) in [6.45, 7) is 1.83. The molecule has 0 heterocycles. The van der Waals surface area contributed by atoms with Crippen molar-refractivity contribution in [1.82, 2.24) is 5.32 Å². The van der Waals surface area contributed by atoms with E-state index in [0.29, 0.717) is 5.02 Å². The van der Waals surface area contributed by atoms with E-state index in [9.17, 15) is 13.6 Å². The molecule has 1 N–H and O–H groups in total. The highest BCUT2D eigenvalue weighted by atomic mass is 35.5. The molecule has 2 aromatic rings. The van der Waals surface area contributed by atoms with E-state index in [4.69, 9.17) is 11.6 Å². The summed E-state index contributed by atoms with van der Waals surface area (Å²) in [5, 5.41) is 3.39. The van der Waals surface area contributed by atoms with Crippen LogP contribution >= 0.6 is 23.4 Å². The molecule has 0 spiro atoms. The van der Waals surface area contributed by atoms with Crippen LogP contribution in [0.1, 0.15) is 18.5 Å². The van der Waals surface area contributed by atoms with Crippen LogP contribution < -0.4 is 5.32 Å². The van der Waals surface area contributed by atoms with Crippen LogP contribution in [0.2, 0.25) is 5.02 Å². The molecule has 0 radical (unpaired) electrons. The Labute approximate surface area is 136 Å². The number of hydrogen-bond acceptors (Lipinski definition) is 2. The lowest BCUT2D eigenvalue weighted by Crippen LogP contribution is -2.28. The van der Waals surface area contributed by atoms with Crippen molar-refractivity contribution in [3.63, 3.8) is 0 Å². The standard InChI is InChI=1S/C16H14ClF2NOS/c1-10(11-3-2-4-12(17)7-11)20-16(21)9-22-15-8-13(18)5-6-14(15)19/h2-8,10H,9H2,1H3,(H,20,21)/t10-/m0/s1. The van der Waals surface area contributed by atoms with E-state index in [0.717, 1.165) is 35.5 Å². The van der Waals surface area contributed by atoms with Gasteiger partial charge in [-0.05, 0) is 42.8 Å². The average molecular weight is 342 g/mol. The van der Waals surface area contributed by atoms with Crippen LogP contribution in [0, 0.1) is 11.6 Å². The van der Waals surface area contributed by atoms with E-state index in [1.54, 1.807) is 18.2 Å². The number of carbonyl (C=O) groups is 1. The highest BCUT2D eigenvalue weighted by molar-refractivity contribution is 8.00. The summed E-state index contributed by atoms with van der Waals surface area (Å²) in [6.07, 6.45) is 0. The molecule has 0 aromatic heterocycles. The number of halogens is 3. The molecule has 0 fully saturated rings. The van der Waals surface area contributed by atoms with E-state index in [1.165, 1.54) is 0 Å². The molecule has 22 heavy (non-hydrogen) atoms. The molecule has 2 rings (SSSR count). The maximum absolute atomic E-state index is 13.5. The van der Waals surface area contributed by atoms with Gasteiger partial charge in [-0.3, -0.25) is 4.79 Å². The van der Waals surface area contributed by atoms with Crippen LogP contribution in [-0.2, 0) is 4.79 Å². The highest BCUT2D eigenvalue weighted by Gasteiger charge is 2.12. The largest absolute Gasteiger partial charge is 0.349 e. The van der Waals surface area contributed by atoms with Crippen molar-refractivity contribution in [2.75, 3.05) is 5.75 Å². The zero-order valence-corrected chi connectivity index (χ0v) is 13.3. The van der Waals surface area contributed by atoms with Crippen molar-refractivity contribution < 1.29 is 13.6 Å². The lowest BCUT2D eigenvalue weighted by Gasteiger charge is -2.14. The Morgan fingerprint density at radius 2 is 2.05 bits per heavy atom. The van der Waals surface area contributed by atoms with E-state index in [2.05, 4.69) is 5.32 Å². The van der Waals surface area contributed by atoms with Crippen molar-refractivity contribution in [2.45, 2.75) is 17.9 Å². The van der Waals surface area contributed by atoms with Gasteiger partial charge in [-0.2, -0.15) is 0 Å². The topological polar surface area (TPSA) is 29.1 Å². The van der Waals surface area contributed by atoms with Crippen LogP contribution in [0.5, 0.6) is 0 Å². The molecule has 2 aromatic carbocycles. The van der Waals surface area contributed by atoms with E-state index in [1.807, 2.05) is 13.0 Å². The van der Waals surface area contributed by atoms with Crippen molar-refractivity contribution in [2.24, 2.45) is 0 Å². The third-order valence-electron chi connectivity index (χ3n) is 2.98. The molecule has 0 unspecified atom stereocenters. The van der Waals surface area contributed by atoms with Crippen molar-refractivity contribution >= 4 is 29.3 Å². The molecule has 0 bridgehead atoms. The summed E-state index contributed by atoms with van der Waals surface area (Å²) in [7, 11) is 0. The first-order valence-electron chi connectivity index (χ1n) is 6.58. The summed E-state index contributed by atoms with van der Waals surface area (Å²) < 4.78 is 26.5. The molecule has 0 aliphatic rings. The Hall–Kier alpha value is -1.59. The predicted octanol–water partition coefficient (Wildman–Crippen LogP) is 4.59. The molecule has 0 saturated heterocycles. The summed E-state index contributed by atoms with van der Waals surface area (Å²) >= 11 is 6.86. The monoisotopic (exact) mass is 341 g/mol. The first kappa shape index (κ1) is 16.8. The lowest BCUT2D eigenvalue weighted by atomic mass is 10.1. The van der Waals surface area contributed by atoms with Gasteiger partial charge < -0.3 is 5.32 Å². The molecular formula is C16H14ClF2NOS. The Bertz CT molecular complexity index is 681. The number of thioether (sulfide) groups is 1. The van der Waals surface area contributed by atoms with Gasteiger partial charge in [0.25, 0.3) is 0 Å². The Balaban J connectivity index is 1.91. The van der Waals surface area contributed by atoms with Gasteiger partial charge >= 0.3 is 0 Å². The maximum atomic E-state index is 13.5. The van der Waals surface area contributed by atoms with Crippen LogP contribution in [0.3, 0.4) is 0 Å². The first-order valence-corrected chi connectivity index (χ1v) is 7.95.